The molecule has 0 saturated heterocycles. The molecule has 0 amide bonds. The van der Waals surface area contributed by atoms with Crippen molar-refractivity contribution in [3.8, 4) is 29.0 Å². The minimum absolute atomic E-state index is 0.560. The summed E-state index contributed by atoms with van der Waals surface area (Å²) in [5.41, 5.74) is 8.45. The van der Waals surface area contributed by atoms with Crippen molar-refractivity contribution in [3.63, 3.8) is 0 Å². The second-order valence-electron chi connectivity index (χ2n) is 12.9. The topological polar surface area (TPSA) is 53.5 Å². The predicted octanol–water partition coefficient (Wildman–Crippen LogP) is 10.8. The van der Waals surface area contributed by atoms with Crippen LogP contribution in [-0.2, 0) is 0 Å². The first-order valence-corrected chi connectivity index (χ1v) is 17.1. The van der Waals surface area contributed by atoms with E-state index >= 15 is 0 Å². The van der Waals surface area contributed by atoms with Crippen LogP contribution < -0.4 is 0 Å². The van der Waals surface area contributed by atoms with Crippen molar-refractivity contribution in [1.82, 2.24) is 28.7 Å². The number of rotatable bonds is 4. The fourth-order valence-electron chi connectivity index (χ4n) is 7.96. The Bertz CT molecular complexity index is 3080. The molecule has 11 rings (SSSR count). The SMILES string of the molecule is c1ccc(-c2nc(-n3c4ccccc4c4ccccc43)nc(-n3c4ccccc4c4ccc5c6ccccc6n(-c6ccccc6)c5c43)n2)cc1. The van der Waals surface area contributed by atoms with E-state index in [0.717, 1.165) is 65.9 Å². The zero-order valence-corrected chi connectivity index (χ0v) is 27.3. The van der Waals surface area contributed by atoms with E-state index in [-0.39, 0.29) is 0 Å². The molecule has 4 aromatic heterocycles. The second kappa shape index (κ2) is 10.7. The Hall–Kier alpha value is -7.05. The Morgan fingerprint density at radius 2 is 0.686 bits per heavy atom. The lowest BCUT2D eigenvalue weighted by atomic mass is 10.1. The molecule has 0 N–H and O–H groups in total. The van der Waals surface area contributed by atoms with Gasteiger partial charge in [-0.15, -0.1) is 0 Å². The minimum Gasteiger partial charge on any atom is -0.307 e. The highest BCUT2D eigenvalue weighted by Gasteiger charge is 2.24. The second-order valence-corrected chi connectivity index (χ2v) is 12.9. The van der Waals surface area contributed by atoms with E-state index in [1.165, 1.54) is 10.8 Å². The molecule has 0 spiro atoms. The molecule has 0 aliphatic carbocycles. The maximum absolute atomic E-state index is 5.40. The fraction of sp³-hybridized carbons (Fsp3) is 0. The molecule has 6 heteroatoms. The van der Waals surface area contributed by atoms with Crippen molar-refractivity contribution in [1.29, 1.82) is 0 Å². The molecule has 238 valence electrons. The highest BCUT2D eigenvalue weighted by Crippen LogP contribution is 2.41. The predicted molar refractivity (Wildman–Crippen MR) is 208 cm³/mol. The van der Waals surface area contributed by atoms with E-state index in [2.05, 4.69) is 165 Å². The number of nitrogens with zero attached hydrogens (tertiary/aromatic N) is 6. The van der Waals surface area contributed by atoms with Crippen molar-refractivity contribution >= 4 is 65.4 Å². The quantitative estimate of drug-likeness (QED) is 0.190. The van der Waals surface area contributed by atoms with Gasteiger partial charge in [-0.1, -0.05) is 133 Å². The van der Waals surface area contributed by atoms with Crippen LogP contribution in [0.3, 0.4) is 0 Å². The van der Waals surface area contributed by atoms with E-state index in [1.54, 1.807) is 0 Å². The van der Waals surface area contributed by atoms with Gasteiger partial charge in [0, 0.05) is 43.6 Å². The molecule has 0 aliphatic rings. The Morgan fingerprint density at radius 1 is 0.294 bits per heavy atom. The van der Waals surface area contributed by atoms with Crippen LogP contribution in [0.4, 0.5) is 0 Å². The Labute approximate surface area is 292 Å². The third-order valence-electron chi connectivity index (χ3n) is 10.1. The minimum atomic E-state index is 0.560. The molecule has 6 nitrogen and oxygen atoms in total. The summed E-state index contributed by atoms with van der Waals surface area (Å²) in [6, 6.07) is 59.5. The largest absolute Gasteiger partial charge is 0.307 e. The summed E-state index contributed by atoms with van der Waals surface area (Å²) in [4.78, 5) is 15.9. The molecular formula is C45H28N6. The fourth-order valence-corrected chi connectivity index (χ4v) is 7.96. The van der Waals surface area contributed by atoms with Gasteiger partial charge in [-0.2, -0.15) is 15.0 Å². The molecule has 0 fully saturated rings. The van der Waals surface area contributed by atoms with Crippen LogP contribution in [0.2, 0.25) is 0 Å². The zero-order valence-electron chi connectivity index (χ0n) is 27.3. The van der Waals surface area contributed by atoms with Crippen LogP contribution in [0.5, 0.6) is 0 Å². The number of para-hydroxylation sites is 5. The van der Waals surface area contributed by atoms with Gasteiger partial charge >= 0.3 is 0 Å². The monoisotopic (exact) mass is 652 g/mol. The van der Waals surface area contributed by atoms with Crippen LogP contribution in [0.25, 0.3) is 94.4 Å². The van der Waals surface area contributed by atoms with Gasteiger partial charge in [-0.3, -0.25) is 9.13 Å². The summed E-state index contributed by atoms with van der Waals surface area (Å²) in [6.45, 7) is 0. The normalized spacial score (nSPS) is 11.9. The van der Waals surface area contributed by atoms with E-state index in [4.69, 9.17) is 15.0 Å². The molecule has 0 bridgehead atoms. The van der Waals surface area contributed by atoms with E-state index < -0.39 is 0 Å². The molecule has 0 unspecified atom stereocenters. The van der Waals surface area contributed by atoms with Crippen molar-refractivity contribution < 1.29 is 0 Å². The lowest BCUT2D eigenvalue weighted by molar-refractivity contribution is 0.893. The standard InChI is InChI=1S/C45H28N6/c1-3-15-29(16-4-1)43-46-44(50-38-24-12-7-19-31(38)32-20-8-13-25-39(32)50)48-45(47-43)51-40-26-14-10-22-34(40)36-28-27-35-33-21-9-11-23-37(33)49(41(35)42(36)51)30-17-5-2-6-18-30/h1-28H. The molecule has 4 heterocycles. The summed E-state index contributed by atoms with van der Waals surface area (Å²) >= 11 is 0. The van der Waals surface area contributed by atoms with E-state index in [1.807, 2.05) is 18.2 Å². The first-order chi connectivity index (χ1) is 25.3. The summed E-state index contributed by atoms with van der Waals surface area (Å²) in [6.07, 6.45) is 0. The van der Waals surface area contributed by atoms with Gasteiger partial charge in [0.2, 0.25) is 11.9 Å². The summed E-state index contributed by atoms with van der Waals surface area (Å²) in [5, 5.41) is 6.95. The lowest BCUT2D eigenvalue weighted by Gasteiger charge is -2.14. The van der Waals surface area contributed by atoms with Gasteiger partial charge in [-0.25, -0.2) is 0 Å². The molecular weight excluding hydrogens is 625 g/mol. The highest BCUT2D eigenvalue weighted by molar-refractivity contribution is 6.23. The zero-order chi connectivity index (χ0) is 33.5. The molecule has 0 saturated carbocycles. The van der Waals surface area contributed by atoms with Crippen LogP contribution in [-0.4, -0.2) is 28.7 Å². The van der Waals surface area contributed by atoms with Gasteiger partial charge < -0.3 is 4.57 Å². The average molecular weight is 653 g/mol. The molecule has 51 heavy (non-hydrogen) atoms. The van der Waals surface area contributed by atoms with Crippen molar-refractivity contribution in [2.24, 2.45) is 0 Å². The first-order valence-electron chi connectivity index (χ1n) is 17.1. The van der Waals surface area contributed by atoms with Crippen LogP contribution in [0.1, 0.15) is 0 Å². The van der Waals surface area contributed by atoms with Gasteiger partial charge in [0.25, 0.3) is 0 Å². The molecule has 0 aliphatic heterocycles. The Morgan fingerprint density at radius 3 is 1.24 bits per heavy atom. The third-order valence-corrected chi connectivity index (χ3v) is 10.1. The van der Waals surface area contributed by atoms with Crippen molar-refractivity contribution in [2.45, 2.75) is 0 Å². The first kappa shape index (κ1) is 27.9. The maximum atomic E-state index is 5.40. The average Bonchev–Trinajstić information content (AvgIpc) is 3.84. The number of aromatic nitrogens is 6. The number of fused-ring (bicyclic) bond motifs is 10. The van der Waals surface area contributed by atoms with Gasteiger partial charge in [0.15, 0.2) is 5.82 Å². The van der Waals surface area contributed by atoms with Crippen LogP contribution in [0, 0.1) is 0 Å². The molecule has 7 aromatic carbocycles. The maximum Gasteiger partial charge on any atom is 0.240 e. The Kier molecular flexibility index (Phi) is 5.86. The van der Waals surface area contributed by atoms with Crippen LogP contribution in [0.15, 0.2) is 170 Å². The highest BCUT2D eigenvalue weighted by atomic mass is 15.3. The smallest absolute Gasteiger partial charge is 0.240 e. The molecule has 11 aromatic rings. The molecule has 0 atom stereocenters. The van der Waals surface area contributed by atoms with E-state index in [9.17, 15) is 0 Å². The summed E-state index contributed by atoms with van der Waals surface area (Å²) in [5.74, 6) is 1.74. The van der Waals surface area contributed by atoms with Crippen LogP contribution >= 0.6 is 0 Å². The number of hydrogen-bond donors (Lipinski definition) is 0. The summed E-state index contributed by atoms with van der Waals surface area (Å²) < 4.78 is 6.80. The number of benzene rings is 7. The summed E-state index contributed by atoms with van der Waals surface area (Å²) in [7, 11) is 0. The van der Waals surface area contributed by atoms with Gasteiger partial charge in [0.05, 0.1) is 33.1 Å². The van der Waals surface area contributed by atoms with Gasteiger partial charge in [0.1, 0.15) is 0 Å². The molecule has 0 radical (unpaired) electrons. The van der Waals surface area contributed by atoms with Gasteiger partial charge in [-0.05, 0) is 36.4 Å². The van der Waals surface area contributed by atoms with Crippen molar-refractivity contribution in [2.75, 3.05) is 0 Å². The lowest BCUT2D eigenvalue weighted by Crippen LogP contribution is -2.10. The van der Waals surface area contributed by atoms with E-state index in [0.29, 0.717) is 17.7 Å². The third kappa shape index (κ3) is 4.01. The Balaban J connectivity index is 1.33. The number of hydrogen-bond acceptors (Lipinski definition) is 3. The van der Waals surface area contributed by atoms with Crippen molar-refractivity contribution in [3.05, 3.63) is 170 Å².